The van der Waals surface area contributed by atoms with E-state index < -0.39 is 0 Å². The molecule has 1 aromatic carbocycles. The molecular formula is C20H27N3O2. The molecule has 1 amide bonds. The van der Waals surface area contributed by atoms with Crippen LogP contribution in [-0.4, -0.2) is 41.1 Å². The van der Waals surface area contributed by atoms with Crippen molar-refractivity contribution in [3.05, 3.63) is 41.7 Å². The number of benzene rings is 1. The zero-order valence-electron chi connectivity index (χ0n) is 15.3. The molecule has 1 N–H and O–H groups in total. The average Bonchev–Trinajstić information content (AvgIpc) is 3.03. The Morgan fingerprint density at radius 1 is 1.20 bits per heavy atom. The van der Waals surface area contributed by atoms with Crippen molar-refractivity contribution in [2.24, 2.45) is 0 Å². The summed E-state index contributed by atoms with van der Waals surface area (Å²) in [5, 5.41) is 7.19. The van der Waals surface area contributed by atoms with E-state index in [1.807, 2.05) is 30.3 Å². The molecule has 0 spiro atoms. The van der Waals surface area contributed by atoms with Gasteiger partial charge in [-0.25, -0.2) is 0 Å². The molecule has 2 heterocycles. The van der Waals surface area contributed by atoms with E-state index in [0.29, 0.717) is 23.6 Å². The number of piperidine rings is 1. The number of carbonyl (C=O) groups excluding carboxylic acids is 1. The zero-order chi connectivity index (χ0) is 17.9. The Balaban J connectivity index is 1.73. The van der Waals surface area contributed by atoms with Gasteiger partial charge in [-0.1, -0.05) is 41.9 Å². The summed E-state index contributed by atoms with van der Waals surface area (Å²) in [6, 6.07) is 9.68. The van der Waals surface area contributed by atoms with Crippen molar-refractivity contribution in [3.63, 3.8) is 0 Å². The Morgan fingerprint density at radius 2 is 1.88 bits per heavy atom. The lowest BCUT2D eigenvalue weighted by molar-refractivity contribution is 0.0797. The summed E-state index contributed by atoms with van der Waals surface area (Å²) in [7, 11) is 0. The number of hydrogen-bond donors (Lipinski definition) is 1. The number of rotatable bonds is 5. The van der Waals surface area contributed by atoms with E-state index >= 15 is 0 Å². The maximum Gasteiger partial charge on any atom is 0.257 e. The third-order valence-corrected chi connectivity index (χ3v) is 5.03. The van der Waals surface area contributed by atoms with Gasteiger partial charge in [0.05, 0.1) is 0 Å². The van der Waals surface area contributed by atoms with Gasteiger partial charge < -0.3 is 9.84 Å². The lowest BCUT2D eigenvalue weighted by atomic mass is 9.98. The molecule has 1 aliphatic heterocycles. The largest absolute Gasteiger partial charge is 0.360 e. The SMILES string of the molecule is Cc1onc(-c2ccccc2)c1C(=O)NCC(C)(C)N1CCCCC1. The highest BCUT2D eigenvalue weighted by atomic mass is 16.5. The Labute approximate surface area is 149 Å². The number of hydrogen-bond acceptors (Lipinski definition) is 4. The number of aromatic nitrogens is 1. The third kappa shape index (κ3) is 3.93. The molecule has 5 nitrogen and oxygen atoms in total. The molecule has 2 aromatic rings. The van der Waals surface area contributed by atoms with Crippen molar-refractivity contribution < 1.29 is 9.32 Å². The molecule has 0 saturated carbocycles. The minimum Gasteiger partial charge on any atom is -0.360 e. The van der Waals surface area contributed by atoms with Gasteiger partial charge in [-0.05, 0) is 46.7 Å². The molecule has 134 valence electrons. The van der Waals surface area contributed by atoms with Crippen LogP contribution in [0.4, 0.5) is 0 Å². The van der Waals surface area contributed by atoms with Crippen LogP contribution in [0.5, 0.6) is 0 Å². The second kappa shape index (κ2) is 7.40. The van der Waals surface area contributed by atoms with E-state index in [-0.39, 0.29) is 11.4 Å². The molecule has 1 aliphatic rings. The summed E-state index contributed by atoms with van der Waals surface area (Å²) >= 11 is 0. The summed E-state index contributed by atoms with van der Waals surface area (Å²) in [6.45, 7) is 8.97. The first-order valence-corrected chi connectivity index (χ1v) is 9.04. The van der Waals surface area contributed by atoms with Crippen LogP contribution in [0, 0.1) is 6.92 Å². The molecule has 0 atom stereocenters. The molecule has 0 unspecified atom stereocenters. The Bertz CT molecular complexity index is 716. The molecule has 25 heavy (non-hydrogen) atoms. The van der Waals surface area contributed by atoms with Gasteiger partial charge in [-0.3, -0.25) is 9.69 Å². The second-order valence-electron chi connectivity index (χ2n) is 7.37. The highest BCUT2D eigenvalue weighted by molar-refractivity contribution is 6.00. The molecule has 5 heteroatoms. The van der Waals surface area contributed by atoms with Crippen molar-refractivity contribution >= 4 is 5.91 Å². The number of amides is 1. The van der Waals surface area contributed by atoms with Crippen LogP contribution in [0.2, 0.25) is 0 Å². The van der Waals surface area contributed by atoms with Crippen molar-refractivity contribution in [2.45, 2.75) is 45.6 Å². The Kier molecular flexibility index (Phi) is 5.23. The predicted molar refractivity (Wildman–Crippen MR) is 98.5 cm³/mol. The van der Waals surface area contributed by atoms with Gasteiger partial charge in [-0.15, -0.1) is 0 Å². The number of nitrogens with one attached hydrogen (secondary N) is 1. The predicted octanol–water partition coefficient (Wildman–Crippen LogP) is 3.64. The minimum absolute atomic E-state index is 0.0614. The van der Waals surface area contributed by atoms with E-state index in [4.69, 9.17) is 4.52 Å². The molecule has 1 fully saturated rings. The highest BCUT2D eigenvalue weighted by Crippen LogP contribution is 2.25. The van der Waals surface area contributed by atoms with Gasteiger partial charge in [0.1, 0.15) is 17.0 Å². The fourth-order valence-electron chi connectivity index (χ4n) is 3.43. The third-order valence-electron chi connectivity index (χ3n) is 5.03. The second-order valence-corrected chi connectivity index (χ2v) is 7.37. The normalized spacial score (nSPS) is 16.0. The van der Waals surface area contributed by atoms with Gasteiger partial charge in [-0.2, -0.15) is 0 Å². The van der Waals surface area contributed by atoms with Crippen LogP contribution < -0.4 is 5.32 Å². The van der Waals surface area contributed by atoms with Crippen LogP contribution in [-0.2, 0) is 0 Å². The van der Waals surface area contributed by atoms with Crippen LogP contribution in [0.15, 0.2) is 34.9 Å². The van der Waals surface area contributed by atoms with E-state index in [2.05, 4.69) is 29.2 Å². The summed E-state index contributed by atoms with van der Waals surface area (Å²) in [5.41, 5.74) is 1.96. The standard InChI is InChI=1S/C20H27N3O2/c1-15-17(18(22-25-15)16-10-6-4-7-11-16)19(24)21-14-20(2,3)23-12-8-5-9-13-23/h4,6-7,10-11H,5,8-9,12-14H2,1-3H3,(H,21,24). The van der Waals surface area contributed by atoms with Gasteiger partial charge >= 0.3 is 0 Å². The quantitative estimate of drug-likeness (QED) is 0.902. The lowest BCUT2D eigenvalue weighted by Gasteiger charge is -2.41. The van der Waals surface area contributed by atoms with E-state index in [1.165, 1.54) is 19.3 Å². The molecule has 0 radical (unpaired) electrons. The fourth-order valence-corrected chi connectivity index (χ4v) is 3.43. The zero-order valence-corrected chi connectivity index (χ0v) is 15.3. The van der Waals surface area contributed by atoms with Crippen LogP contribution in [0.25, 0.3) is 11.3 Å². The fraction of sp³-hybridized carbons (Fsp3) is 0.500. The van der Waals surface area contributed by atoms with E-state index in [1.54, 1.807) is 6.92 Å². The Morgan fingerprint density at radius 3 is 2.56 bits per heavy atom. The van der Waals surface area contributed by atoms with Gasteiger partial charge in [0.2, 0.25) is 0 Å². The van der Waals surface area contributed by atoms with Gasteiger partial charge in [0, 0.05) is 17.6 Å². The average molecular weight is 341 g/mol. The van der Waals surface area contributed by atoms with Crippen molar-refractivity contribution in [1.82, 2.24) is 15.4 Å². The minimum atomic E-state index is -0.123. The smallest absolute Gasteiger partial charge is 0.257 e. The molecular weight excluding hydrogens is 314 g/mol. The molecule has 0 bridgehead atoms. The number of likely N-dealkylation sites (tertiary alicyclic amines) is 1. The monoisotopic (exact) mass is 341 g/mol. The van der Waals surface area contributed by atoms with Crippen molar-refractivity contribution in [3.8, 4) is 11.3 Å². The maximum atomic E-state index is 12.8. The number of nitrogens with zero attached hydrogens (tertiary/aromatic N) is 2. The topological polar surface area (TPSA) is 58.4 Å². The summed E-state index contributed by atoms with van der Waals surface area (Å²) in [4.78, 5) is 15.3. The summed E-state index contributed by atoms with van der Waals surface area (Å²) in [6.07, 6.45) is 3.78. The summed E-state index contributed by atoms with van der Waals surface area (Å²) < 4.78 is 5.30. The van der Waals surface area contributed by atoms with Gasteiger partial charge in [0.15, 0.2) is 0 Å². The first kappa shape index (κ1) is 17.7. The Hall–Kier alpha value is -2.14. The molecule has 3 rings (SSSR count). The lowest BCUT2D eigenvalue weighted by Crippen LogP contribution is -2.53. The summed E-state index contributed by atoms with van der Waals surface area (Å²) in [5.74, 6) is 0.426. The van der Waals surface area contributed by atoms with Gasteiger partial charge in [0.25, 0.3) is 5.91 Å². The van der Waals surface area contributed by atoms with Crippen LogP contribution in [0.3, 0.4) is 0 Å². The van der Waals surface area contributed by atoms with Crippen LogP contribution >= 0.6 is 0 Å². The number of aryl methyl sites for hydroxylation is 1. The van der Waals surface area contributed by atoms with E-state index in [9.17, 15) is 4.79 Å². The first-order valence-electron chi connectivity index (χ1n) is 9.04. The number of carbonyl (C=O) groups is 1. The molecule has 0 aliphatic carbocycles. The molecule has 1 saturated heterocycles. The van der Waals surface area contributed by atoms with E-state index in [0.717, 1.165) is 18.7 Å². The van der Waals surface area contributed by atoms with Crippen molar-refractivity contribution in [1.29, 1.82) is 0 Å². The maximum absolute atomic E-state index is 12.8. The van der Waals surface area contributed by atoms with Crippen LogP contribution in [0.1, 0.15) is 49.2 Å². The molecule has 1 aromatic heterocycles. The highest BCUT2D eigenvalue weighted by Gasteiger charge is 2.29. The van der Waals surface area contributed by atoms with Crippen molar-refractivity contribution in [2.75, 3.05) is 19.6 Å². The first-order chi connectivity index (χ1) is 12.0.